The van der Waals surface area contributed by atoms with Crippen LogP contribution in [0.15, 0.2) is 35.4 Å². The van der Waals surface area contributed by atoms with E-state index in [0.29, 0.717) is 10.8 Å². The first kappa shape index (κ1) is 20.8. The number of sulfonamides is 1. The fourth-order valence-electron chi connectivity index (χ4n) is 3.46. The van der Waals surface area contributed by atoms with Gasteiger partial charge in [-0.1, -0.05) is 6.07 Å². The van der Waals surface area contributed by atoms with Gasteiger partial charge in [0.05, 0.1) is 24.1 Å². The van der Waals surface area contributed by atoms with Crippen LogP contribution in [-0.2, 0) is 27.9 Å². The third-order valence-corrected chi connectivity index (χ3v) is 7.33. The Balaban J connectivity index is 1.35. The summed E-state index contributed by atoms with van der Waals surface area (Å²) in [6, 6.07) is 6.07. The average molecular weight is 451 g/mol. The van der Waals surface area contributed by atoms with Crippen molar-refractivity contribution >= 4 is 33.3 Å². The molecule has 9 nitrogen and oxygen atoms in total. The summed E-state index contributed by atoms with van der Waals surface area (Å²) >= 11 is 1.29. The van der Waals surface area contributed by atoms with E-state index in [2.05, 4.69) is 15.0 Å². The van der Waals surface area contributed by atoms with Crippen molar-refractivity contribution in [3.05, 3.63) is 40.3 Å². The maximum atomic E-state index is 12.7. The number of carbonyl (C=O) groups excluding carboxylic acids is 2. The van der Waals surface area contributed by atoms with Crippen LogP contribution in [0.1, 0.15) is 35.6 Å². The summed E-state index contributed by atoms with van der Waals surface area (Å²) in [7, 11) is -3.73. The monoisotopic (exact) mass is 450 g/mol. The maximum Gasteiger partial charge on any atom is 0.324 e. The number of thiazole rings is 1. The van der Waals surface area contributed by atoms with Crippen molar-refractivity contribution in [1.29, 1.82) is 0 Å². The molecule has 1 aliphatic carbocycles. The number of amides is 3. The highest BCUT2D eigenvalue weighted by atomic mass is 32.2. The largest absolute Gasteiger partial charge is 0.490 e. The molecule has 11 heteroatoms. The first-order valence-corrected chi connectivity index (χ1v) is 12.0. The van der Waals surface area contributed by atoms with Gasteiger partial charge in [-0.15, -0.1) is 11.3 Å². The average Bonchev–Trinajstić information content (AvgIpc) is 3.44. The van der Waals surface area contributed by atoms with Gasteiger partial charge in [-0.05, 0) is 37.8 Å². The predicted octanol–water partition coefficient (Wildman–Crippen LogP) is 1.99. The van der Waals surface area contributed by atoms with E-state index in [4.69, 9.17) is 4.74 Å². The van der Waals surface area contributed by atoms with Crippen LogP contribution in [0.25, 0.3) is 0 Å². The molecule has 2 aromatic rings. The second-order valence-electron chi connectivity index (χ2n) is 7.25. The van der Waals surface area contributed by atoms with Crippen molar-refractivity contribution in [2.75, 3.05) is 6.54 Å². The molecule has 4 rings (SSSR count). The molecule has 0 radical (unpaired) electrons. The third kappa shape index (κ3) is 4.97. The molecule has 1 aromatic heterocycles. The van der Waals surface area contributed by atoms with E-state index in [1.807, 2.05) is 0 Å². The second-order valence-corrected chi connectivity index (χ2v) is 10.2. The molecule has 0 atom stereocenters. The molecule has 1 saturated heterocycles. The van der Waals surface area contributed by atoms with Gasteiger partial charge in [0.2, 0.25) is 15.9 Å². The van der Waals surface area contributed by atoms with Gasteiger partial charge in [-0.25, -0.2) is 22.9 Å². The summed E-state index contributed by atoms with van der Waals surface area (Å²) in [6.07, 6.45) is 6.00. The minimum Gasteiger partial charge on any atom is -0.490 e. The Morgan fingerprint density at radius 2 is 2.07 bits per heavy atom. The van der Waals surface area contributed by atoms with Gasteiger partial charge in [-0.3, -0.25) is 10.1 Å². The van der Waals surface area contributed by atoms with E-state index in [9.17, 15) is 18.0 Å². The van der Waals surface area contributed by atoms with Gasteiger partial charge < -0.3 is 9.64 Å². The normalized spacial score (nSPS) is 17.5. The number of hydrogen-bond donors (Lipinski definition) is 2. The number of nitrogens with one attached hydrogen (secondary N) is 2. The van der Waals surface area contributed by atoms with Crippen molar-refractivity contribution in [2.45, 2.75) is 49.8 Å². The number of hydrogen-bond acceptors (Lipinski definition) is 7. The Morgan fingerprint density at radius 1 is 1.27 bits per heavy atom. The van der Waals surface area contributed by atoms with Gasteiger partial charge in [0.25, 0.3) is 0 Å². The zero-order valence-electron chi connectivity index (χ0n) is 16.2. The maximum absolute atomic E-state index is 12.7. The zero-order chi connectivity index (χ0) is 21.1. The van der Waals surface area contributed by atoms with Crippen LogP contribution in [0.5, 0.6) is 5.75 Å². The fraction of sp³-hybridized carbons (Fsp3) is 0.421. The van der Waals surface area contributed by atoms with Crippen molar-refractivity contribution < 1.29 is 22.7 Å². The van der Waals surface area contributed by atoms with E-state index >= 15 is 0 Å². The molecule has 1 saturated carbocycles. The van der Waals surface area contributed by atoms with E-state index in [1.165, 1.54) is 28.4 Å². The molecule has 30 heavy (non-hydrogen) atoms. The van der Waals surface area contributed by atoms with Gasteiger partial charge >= 0.3 is 6.03 Å². The Bertz CT molecular complexity index is 1050. The minimum absolute atomic E-state index is 0.0119. The lowest BCUT2D eigenvalue weighted by molar-refractivity contribution is -0.118. The van der Waals surface area contributed by atoms with Crippen LogP contribution in [0.4, 0.5) is 4.79 Å². The molecule has 1 aliphatic heterocycles. The van der Waals surface area contributed by atoms with Crippen LogP contribution in [0, 0.1) is 0 Å². The van der Waals surface area contributed by atoms with Crippen molar-refractivity contribution in [1.82, 2.24) is 19.9 Å². The number of ether oxygens (including phenoxy) is 1. The molecule has 2 heterocycles. The minimum atomic E-state index is -3.73. The molecule has 3 amide bonds. The first-order chi connectivity index (χ1) is 14.4. The summed E-state index contributed by atoms with van der Waals surface area (Å²) < 4.78 is 33.8. The SMILES string of the molecule is O=C1CN(Cc2cnc(CNS(=O)(=O)c3cccc(OC4CCCC4)c3)s2)C(=O)N1. The topological polar surface area (TPSA) is 118 Å². The third-order valence-electron chi connectivity index (χ3n) is 4.95. The van der Waals surface area contributed by atoms with Gasteiger partial charge in [0.1, 0.15) is 17.3 Å². The number of aromatic nitrogens is 1. The second kappa shape index (κ2) is 8.70. The summed E-state index contributed by atoms with van der Waals surface area (Å²) in [6.45, 7) is 0.298. The smallest absolute Gasteiger partial charge is 0.324 e. The lowest BCUT2D eigenvalue weighted by atomic mass is 10.3. The Labute approximate surface area is 178 Å². The van der Waals surface area contributed by atoms with E-state index in [1.54, 1.807) is 18.3 Å². The fourth-order valence-corrected chi connectivity index (χ4v) is 5.45. The van der Waals surface area contributed by atoms with Crippen LogP contribution >= 0.6 is 11.3 Å². The highest BCUT2D eigenvalue weighted by Gasteiger charge is 2.27. The molecule has 2 aliphatic rings. The molecular formula is C19H22N4O5S2. The lowest BCUT2D eigenvalue weighted by Gasteiger charge is -2.14. The quantitative estimate of drug-likeness (QED) is 0.594. The number of rotatable bonds is 8. The summed E-state index contributed by atoms with van der Waals surface area (Å²) in [5.74, 6) is 0.219. The van der Waals surface area contributed by atoms with Crippen molar-refractivity contribution in [3.63, 3.8) is 0 Å². The predicted molar refractivity (Wildman–Crippen MR) is 109 cm³/mol. The van der Waals surface area contributed by atoms with Gasteiger partial charge in [0.15, 0.2) is 0 Å². The number of carbonyl (C=O) groups is 2. The Kier molecular flexibility index (Phi) is 6.02. The van der Waals surface area contributed by atoms with E-state index < -0.39 is 16.1 Å². The van der Waals surface area contributed by atoms with Crippen molar-refractivity contribution in [2.24, 2.45) is 0 Å². The number of urea groups is 1. The van der Waals surface area contributed by atoms with Crippen LogP contribution in [0.3, 0.4) is 0 Å². The standard InChI is InChI=1S/C19H22N4O5S2/c24-17-12-23(19(25)22-17)11-15-9-20-18(29-15)10-21-30(26,27)16-7-3-6-14(8-16)28-13-4-1-2-5-13/h3,6-9,13,21H,1-2,4-5,10-12H2,(H,22,24,25). The number of benzene rings is 1. The summed E-state index contributed by atoms with van der Waals surface area (Å²) in [5, 5.41) is 2.78. The molecular weight excluding hydrogens is 428 g/mol. The van der Waals surface area contributed by atoms with Gasteiger partial charge in [-0.2, -0.15) is 0 Å². The van der Waals surface area contributed by atoms with Crippen molar-refractivity contribution in [3.8, 4) is 5.75 Å². The lowest BCUT2D eigenvalue weighted by Crippen LogP contribution is -2.27. The molecule has 0 unspecified atom stereocenters. The molecule has 0 spiro atoms. The Hall–Kier alpha value is -2.50. The van der Waals surface area contributed by atoms with E-state index in [0.717, 1.165) is 30.6 Å². The zero-order valence-corrected chi connectivity index (χ0v) is 17.8. The molecule has 2 N–H and O–H groups in total. The summed E-state index contributed by atoms with van der Waals surface area (Å²) in [4.78, 5) is 29.4. The molecule has 2 fully saturated rings. The number of imide groups is 1. The van der Waals surface area contributed by atoms with Crippen LogP contribution in [-0.4, -0.2) is 42.9 Å². The highest BCUT2D eigenvalue weighted by molar-refractivity contribution is 7.89. The van der Waals surface area contributed by atoms with Gasteiger partial charge in [0, 0.05) is 17.1 Å². The molecule has 1 aromatic carbocycles. The summed E-state index contributed by atoms with van der Waals surface area (Å²) in [5.41, 5.74) is 0. The molecule has 0 bridgehead atoms. The Morgan fingerprint density at radius 3 is 2.80 bits per heavy atom. The van der Waals surface area contributed by atoms with Crippen LogP contribution < -0.4 is 14.8 Å². The highest BCUT2D eigenvalue weighted by Crippen LogP contribution is 2.26. The van der Waals surface area contributed by atoms with Crippen LogP contribution in [0.2, 0.25) is 0 Å². The molecule has 160 valence electrons. The number of nitrogens with zero attached hydrogens (tertiary/aromatic N) is 2. The first-order valence-electron chi connectivity index (χ1n) is 9.68. The van der Waals surface area contributed by atoms with E-state index in [-0.39, 0.29) is 36.5 Å².